The van der Waals surface area contributed by atoms with E-state index in [1.165, 1.54) is 16.8 Å². The van der Waals surface area contributed by atoms with Gasteiger partial charge in [0.25, 0.3) is 11.2 Å². The maximum Gasteiger partial charge on any atom is 0.280 e. The Labute approximate surface area is 202 Å². The molecule has 1 saturated heterocycles. The first-order valence-electron chi connectivity index (χ1n) is 10.7. The maximum atomic E-state index is 13.3. The second-order valence-corrected chi connectivity index (χ2v) is 7.67. The molecule has 34 heavy (non-hydrogen) atoms. The third-order valence-electron chi connectivity index (χ3n) is 5.60. The number of halogens is 1. The first-order chi connectivity index (χ1) is 16.1. The Bertz CT molecular complexity index is 1180. The molecule has 1 aliphatic heterocycles. The Hall–Kier alpha value is -3.47. The zero-order valence-corrected chi connectivity index (χ0v) is 19.6. The molecule has 0 amide bonds. The van der Waals surface area contributed by atoms with Crippen molar-refractivity contribution in [2.75, 3.05) is 46.4 Å². The van der Waals surface area contributed by atoms with E-state index in [0.29, 0.717) is 29.2 Å². The maximum absolute atomic E-state index is 13.3. The number of nitrogens with one attached hydrogen (secondary N) is 2. The van der Waals surface area contributed by atoms with Crippen molar-refractivity contribution in [1.29, 1.82) is 0 Å². The summed E-state index contributed by atoms with van der Waals surface area (Å²) in [5, 5.41) is 17.4. The van der Waals surface area contributed by atoms with E-state index in [4.69, 9.17) is 4.74 Å². The Morgan fingerprint density at radius 2 is 1.79 bits per heavy atom. The summed E-state index contributed by atoms with van der Waals surface area (Å²) in [6.07, 6.45) is 1.61. The SMILES string of the molecule is COc1ccc(-c2[nH]n(-c3ccc([N+](=O)[O-])cc3)c(=O)c2C=NCCN2CCNCC2)cc1.Cl. The number of aromatic amines is 1. The predicted molar refractivity (Wildman–Crippen MR) is 134 cm³/mol. The minimum absolute atomic E-state index is 0. The number of piperazine rings is 1. The minimum atomic E-state index is -0.472. The molecule has 10 nitrogen and oxygen atoms in total. The molecule has 0 bridgehead atoms. The molecule has 0 saturated carbocycles. The van der Waals surface area contributed by atoms with Crippen LogP contribution in [0.5, 0.6) is 5.75 Å². The fourth-order valence-corrected chi connectivity index (χ4v) is 3.74. The lowest BCUT2D eigenvalue weighted by atomic mass is 10.1. The molecule has 2 N–H and O–H groups in total. The van der Waals surface area contributed by atoms with Crippen molar-refractivity contribution in [2.45, 2.75) is 0 Å². The monoisotopic (exact) mass is 486 g/mol. The average molecular weight is 487 g/mol. The molecule has 1 aromatic heterocycles. The van der Waals surface area contributed by atoms with Gasteiger partial charge in [0.1, 0.15) is 5.75 Å². The molecular weight excluding hydrogens is 460 g/mol. The van der Waals surface area contributed by atoms with E-state index in [1.54, 1.807) is 25.5 Å². The van der Waals surface area contributed by atoms with Crippen molar-refractivity contribution in [2.24, 2.45) is 4.99 Å². The standard InChI is InChI=1S/C23H26N6O4.ClH/c1-33-20-8-2-17(3-9-20)22-21(16-25-12-15-27-13-10-24-11-14-27)23(30)28(26-22)18-4-6-19(7-5-18)29(31)32;/h2-9,16,24,26H,10-15H2,1H3;1H. The lowest BCUT2D eigenvalue weighted by Gasteiger charge is -2.26. The van der Waals surface area contributed by atoms with Gasteiger partial charge in [-0.05, 0) is 36.4 Å². The molecule has 4 rings (SSSR count). The van der Waals surface area contributed by atoms with Gasteiger partial charge in [-0.15, -0.1) is 12.4 Å². The number of methoxy groups -OCH3 is 1. The van der Waals surface area contributed by atoms with Crippen LogP contribution in [0.2, 0.25) is 0 Å². The summed E-state index contributed by atoms with van der Waals surface area (Å²) in [6, 6.07) is 13.2. The molecule has 1 aliphatic rings. The van der Waals surface area contributed by atoms with Crippen LogP contribution in [0, 0.1) is 10.1 Å². The van der Waals surface area contributed by atoms with Crippen LogP contribution in [0.4, 0.5) is 5.69 Å². The summed E-state index contributed by atoms with van der Waals surface area (Å²) < 4.78 is 6.61. The number of H-pyrrole nitrogens is 1. The number of non-ortho nitro benzene ring substituents is 1. The highest BCUT2D eigenvalue weighted by Gasteiger charge is 2.17. The molecule has 0 atom stereocenters. The molecule has 2 heterocycles. The van der Waals surface area contributed by atoms with Crippen LogP contribution in [0.15, 0.2) is 58.3 Å². The van der Waals surface area contributed by atoms with Gasteiger partial charge in [-0.2, -0.15) is 0 Å². The van der Waals surface area contributed by atoms with Gasteiger partial charge in [0.2, 0.25) is 0 Å². The van der Waals surface area contributed by atoms with Gasteiger partial charge in [-0.25, -0.2) is 4.68 Å². The number of benzene rings is 2. The number of nitro groups is 1. The third-order valence-corrected chi connectivity index (χ3v) is 5.60. The van der Waals surface area contributed by atoms with E-state index in [9.17, 15) is 14.9 Å². The van der Waals surface area contributed by atoms with Crippen LogP contribution in [0.1, 0.15) is 5.56 Å². The first kappa shape index (κ1) is 25.2. The van der Waals surface area contributed by atoms with E-state index in [-0.39, 0.29) is 23.7 Å². The summed E-state index contributed by atoms with van der Waals surface area (Å²) >= 11 is 0. The van der Waals surface area contributed by atoms with Gasteiger partial charge < -0.3 is 10.1 Å². The van der Waals surface area contributed by atoms with Crippen molar-refractivity contribution in [3.8, 4) is 22.7 Å². The number of rotatable bonds is 8. The smallest absolute Gasteiger partial charge is 0.280 e. The number of nitro benzene ring substituents is 1. The van der Waals surface area contributed by atoms with Crippen molar-refractivity contribution in [3.63, 3.8) is 0 Å². The summed E-state index contributed by atoms with van der Waals surface area (Å²) in [5.41, 5.74) is 2.03. The molecule has 1 fully saturated rings. The topological polar surface area (TPSA) is 118 Å². The van der Waals surface area contributed by atoms with Crippen LogP contribution in [0.25, 0.3) is 16.9 Å². The fraction of sp³-hybridized carbons (Fsp3) is 0.304. The van der Waals surface area contributed by atoms with Gasteiger partial charge in [0, 0.05) is 56.6 Å². The zero-order valence-electron chi connectivity index (χ0n) is 18.8. The first-order valence-corrected chi connectivity index (χ1v) is 10.7. The van der Waals surface area contributed by atoms with Crippen molar-refractivity contribution >= 4 is 24.3 Å². The number of aromatic nitrogens is 2. The molecule has 180 valence electrons. The average Bonchev–Trinajstić information content (AvgIpc) is 3.18. The molecule has 0 spiro atoms. The van der Waals surface area contributed by atoms with Crippen molar-refractivity contribution in [3.05, 3.63) is 74.6 Å². The van der Waals surface area contributed by atoms with Gasteiger partial charge in [-0.1, -0.05) is 0 Å². The molecule has 11 heteroatoms. The lowest BCUT2D eigenvalue weighted by Crippen LogP contribution is -2.44. The second kappa shape index (κ2) is 11.6. The van der Waals surface area contributed by atoms with Crippen LogP contribution < -0.4 is 15.6 Å². The van der Waals surface area contributed by atoms with Gasteiger partial charge >= 0.3 is 0 Å². The van der Waals surface area contributed by atoms with E-state index >= 15 is 0 Å². The van der Waals surface area contributed by atoms with Crippen molar-refractivity contribution < 1.29 is 9.66 Å². The Balaban J connectivity index is 0.00000324. The molecule has 0 radical (unpaired) electrons. The van der Waals surface area contributed by atoms with Crippen LogP contribution in [-0.2, 0) is 0 Å². The lowest BCUT2D eigenvalue weighted by molar-refractivity contribution is -0.384. The fourth-order valence-electron chi connectivity index (χ4n) is 3.74. The molecule has 0 unspecified atom stereocenters. The zero-order chi connectivity index (χ0) is 23.2. The van der Waals surface area contributed by atoms with E-state index < -0.39 is 4.92 Å². The highest BCUT2D eigenvalue weighted by molar-refractivity contribution is 5.88. The Morgan fingerprint density at radius 1 is 1.12 bits per heavy atom. The van der Waals surface area contributed by atoms with Crippen molar-refractivity contribution in [1.82, 2.24) is 20.0 Å². The number of ether oxygens (including phenoxy) is 1. The van der Waals surface area contributed by atoms with E-state index in [0.717, 1.165) is 38.3 Å². The van der Waals surface area contributed by atoms with Crippen LogP contribution in [0.3, 0.4) is 0 Å². The normalized spacial score (nSPS) is 14.1. The minimum Gasteiger partial charge on any atom is -0.497 e. The second-order valence-electron chi connectivity index (χ2n) is 7.67. The third kappa shape index (κ3) is 5.71. The van der Waals surface area contributed by atoms with Crippen LogP contribution >= 0.6 is 12.4 Å². The number of nitrogens with zero attached hydrogens (tertiary/aromatic N) is 4. The van der Waals surface area contributed by atoms with Gasteiger partial charge in [-0.3, -0.25) is 29.9 Å². The quantitative estimate of drug-likeness (QED) is 0.287. The molecule has 3 aromatic rings. The number of hydrogen-bond donors (Lipinski definition) is 2. The summed E-state index contributed by atoms with van der Waals surface area (Å²) in [4.78, 5) is 30.6. The summed E-state index contributed by atoms with van der Waals surface area (Å²) in [7, 11) is 1.60. The highest BCUT2D eigenvalue weighted by Crippen LogP contribution is 2.23. The summed E-state index contributed by atoms with van der Waals surface area (Å²) in [6.45, 7) is 5.35. The van der Waals surface area contributed by atoms with Gasteiger partial charge in [0.05, 0.1) is 35.5 Å². The number of aliphatic imine (C=N–C) groups is 1. The Kier molecular flexibility index (Phi) is 8.58. The summed E-state index contributed by atoms with van der Waals surface area (Å²) in [5.74, 6) is 0.710. The number of hydrogen-bond acceptors (Lipinski definition) is 7. The molecule has 2 aromatic carbocycles. The highest BCUT2D eigenvalue weighted by atomic mass is 35.5. The largest absolute Gasteiger partial charge is 0.497 e. The molecular formula is C23H27ClN6O4. The van der Waals surface area contributed by atoms with Crippen LogP contribution in [-0.4, -0.2) is 72.2 Å². The predicted octanol–water partition coefficient (Wildman–Crippen LogP) is 2.50. The van der Waals surface area contributed by atoms with E-state index in [2.05, 4.69) is 20.3 Å². The van der Waals surface area contributed by atoms with E-state index in [1.807, 2.05) is 24.3 Å². The molecule has 0 aliphatic carbocycles. The Morgan fingerprint density at radius 3 is 2.41 bits per heavy atom. The van der Waals surface area contributed by atoms with Gasteiger partial charge in [0.15, 0.2) is 0 Å².